The van der Waals surface area contributed by atoms with Crippen LogP contribution in [0.1, 0.15) is 5.69 Å². The summed E-state index contributed by atoms with van der Waals surface area (Å²) in [5.74, 6) is 1.71. The Morgan fingerprint density at radius 3 is 2.67 bits per heavy atom. The molecule has 4 rings (SSSR count). The first-order valence-electron chi connectivity index (χ1n) is 7.95. The lowest BCUT2D eigenvalue weighted by molar-refractivity contribution is 0.122. The zero-order valence-electron chi connectivity index (χ0n) is 13.4. The molecule has 1 aliphatic heterocycles. The number of morpholine rings is 1. The number of hydrogen-bond acceptors (Lipinski definition) is 7. The second kappa shape index (κ2) is 6.37. The van der Waals surface area contributed by atoms with E-state index in [1.165, 1.54) is 0 Å². The van der Waals surface area contributed by atoms with Gasteiger partial charge in [0.15, 0.2) is 5.65 Å². The first kappa shape index (κ1) is 14.8. The summed E-state index contributed by atoms with van der Waals surface area (Å²) >= 11 is 0. The highest BCUT2D eigenvalue weighted by Crippen LogP contribution is 2.23. The third-order valence-electron chi connectivity index (χ3n) is 4.00. The highest BCUT2D eigenvalue weighted by atomic mass is 16.5. The average molecular weight is 322 g/mol. The molecular formula is C17H18N6O. The van der Waals surface area contributed by atoms with Crippen molar-refractivity contribution < 1.29 is 4.74 Å². The molecule has 4 heterocycles. The van der Waals surface area contributed by atoms with Gasteiger partial charge in [-0.1, -0.05) is 0 Å². The molecule has 0 spiro atoms. The van der Waals surface area contributed by atoms with Gasteiger partial charge < -0.3 is 15.0 Å². The van der Waals surface area contributed by atoms with E-state index in [9.17, 15) is 0 Å². The number of hydrogen-bond donors (Lipinski definition) is 1. The van der Waals surface area contributed by atoms with Gasteiger partial charge in [-0.3, -0.25) is 4.98 Å². The van der Waals surface area contributed by atoms with Gasteiger partial charge in [0.05, 0.1) is 24.6 Å². The van der Waals surface area contributed by atoms with E-state index in [1.807, 2.05) is 31.2 Å². The second-order valence-corrected chi connectivity index (χ2v) is 5.62. The van der Waals surface area contributed by atoms with Gasteiger partial charge in [-0.15, -0.1) is 0 Å². The van der Waals surface area contributed by atoms with E-state index in [-0.39, 0.29) is 0 Å². The summed E-state index contributed by atoms with van der Waals surface area (Å²) in [6, 6.07) is 7.87. The molecule has 0 unspecified atom stereocenters. The van der Waals surface area contributed by atoms with Crippen LogP contribution in [-0.4, -0.2) is 46.2 Å². The van der Waals surface area contributed by atoms with Crippen molar-refractivity contribution in [3.63, 3.8) is 0 Å². The zero-order chi connectivity index (χ0) is 16.4. The predicted octanol–water partition coefficient (Wildman–Crippen LogP) is 2.31. The van der Waals surface area contributed by atoms with Crippen molar-refractivity contribution in [1.29, 1.82) is 0 Å². The van der Waals surface area contributed by atoms with Gasteiger partial charge in [0.25, 0.3) is 0 Å². The Bertz CT molecular complexity index is 863. The molecule has 1 saturated heterocycles. The fourth-order valence-electron chi connectivity index (χ4n) is 2.71. The van der Waals surface area contributed by atoms with Gasteiger partial charge in [0.1, 0.15) is 17.2 Å². The summed E-state index contributed by atoms with van der Waals surface area (Å²) < 4.78 is 5.39. The number of aromatic nitrogens is 4. The molecule has 0 bridgehead atoms. The van der Waals surface area contributed by atoms with Crippen LogP contribution >= 0.6 is 0 Å². The van der Waals surface area contributed by atoms with Crippen LogP contribution in [0.25, 0.3) is 11.2 Å². The fourth-order valence-corrected chi connectivity index (χ4v) is 2.71. The van der Waals surface area contributed by atoms with Gasteiger partial charge in [-0.05, 0) is 31.2 Å². The summed E-state index contributed by atoms with van der Waals surface area (Å²) in [5, 5.41) is 3.31. The molecule has 1 N–H and O–H groups in total. The Kier molecular flexibility index (Phi) is 3.92. The van der Waals surface area contributed by atoms with E-state index >= 15 is 0 Å². The maximum Gasteiger partial charge on any atom is 0.180 e. The number of anilines is 3. The summed E-state index contributed by atoms with van der Waals surface area (Å²) in [6.07, 6.45) is 3.30. The van der Waals surface area contributed by atoms with Crippen molar-refractivity contribution in [3.8, 4) is 0 Å². The molecule has 0 amide bonds. The van der Waals surface area contributed by atoms with Crippen molar-refractivity contribution >= 4 is 28.5 Å². The maximum atomic E-state index is 5.39. The Morgan fingerprint density at radius 2 is 1.83 bits per heavy atom. The van der Waals surface area contributed by atoms with Crippen LogP contribution in [0, 0.1) is 6.92 Å². The second-order valence-electron chi connectivity index (χ2n) is 5.62. The smallest absolute Gasteiger partial charge is 0.180 e. The monoisotopic (exact) mass is 322 g/mol. The van der Waals surface area contributed by atoms with Crippen molar-refractivity contribution in [1.82, 2.24) is 19.9 Å². The molecule has 1 aliphatic rings. The summed E-state index contributed by atoms with van der Waals surface area (Å²) in [4.78, 5) is 19.9. The Balaban J connectivity index is 1.57. The predicted molar refractivity (Wildman–Crippen MR) is 92.6 cm³/mol. The molecule has 122 valence electrons. The van der Waals surface area contributed by atoms with Crippen LogP contribution in [0.5, 0.6) is 0 Å². The van der Waals surface area contributed by atoms with Crippen molar-refractivity contribution in [2.75, 3.05) is 36.5 Å². The van der Waals surface area contributed by atoms with Crippen LogP contribution in [-0.2, 0) is 4.74 Å². The third kappa shape index (κ3) is 2.98. The molecule has 0 aliphatic carbocycles. The van der Waals surface area contributed by atoms with Crippen molar-refractivity contribution in [2.45, 2.75) is 6.92 Å². The number of nitrogens with zero attached hydrogens (tertiary/aromatic N) is 5. The summed E-state index contributed by atoms with van der Waals surface area (Å²) in [7, 11) is 0. The molecule has 0 aromatic carbocycles. The number of rotatable bonds is 3. The molecule has 3 aromatic heterocycles. The Hall–Kier alpha value is -2.80. The van der Waals surface area contributed by atoms with Crippen LogP contribution in [0.15, 0.2) is 36.7 Å². The largest absolute Gasteiger partial charge is 0.378 e. The molecule has 24 heavy (non-hydrogen) atoms. The summed E-state index contributed by atoms with van der Waals surface area (Å²) in [6.45, 7) is 5.26. The first-order valence-corrected chi connectivity index (χ1v) is 7.95. The van der Waals surface area contributed by atoms with Gasteiger partial charge in [0.2, 0.25) is 0 Å². The molecule has 1 fully saturated rings. The Morgan fingerprint density at radius 1 is 1.00 bits per heavy atom. The topological polar surface area (TPSA) is 76.1 Å². The Labute approximate surface area is 139 Å². The summed E-state index contributed by atoms with van der Waals surface area (Å²) in [5.41, 5.74) is 3.27. The first-order chi connectivity index (χ1) is 11.8. The average Bonchev–Trinajstić information content (AvgIpc) is 2.64. The van der Waals surface area contributed by atoms with E-state index in [0.717, 1.165) is 54.8 Å². The van der Waals surface area contributed by atoms with Crippen LogP contribution in [0.2, 0.25) is 0 Å². The number of pyridine rings is 2. The highest BCUT2D eigenvalue weighted by molar-refractivity contribution is 5.73. The van der Waals surface area contributed by atoms with Gasteiger partial charge in [-0.2, -0.15) is 0 Å². The number of ether oxygens (including phenoxy) is 1. The van der Waals surface area contributed by atoms with Crippen molar-refractivity contribution in [2.24, 2.45) is 0 Å². The third-order valence-corrected chi connectivity index (χ3v) is 4.00. The minimum Gasteiger partial charge on any atom is -0.378 e. The van der Waals surface area contributed by atoms with E-state index in [0.29, 0.717) is 5.65 Å². The lowest BCUT2D eigenvalue weighted by atomic mass is 10.2. The minimum atomic E-state index is 0.623. The van der Waals surface area contributed by atoms with Gasteiger partial charge in [-0.25, -0.2) is 15.0 Å². The SMILES string of the molecule is Cc1nc(N2CCOCC2)ccc1Nc1ccc2nccnc2n1. The molecule has 0 atom stereocenters. The minimum absolute atomic E-state index is 0.623. The van der Waals surface area contributed by atoms with Crippen LogP contribution in [0.3, 0.4) is 0 Å². The standard InChI is InChI=1S/C17H18N6O/c1-12-13(3-5-16(20-12)23-8-10-24-11-9-23)21-15-4-2-14-17(22-15)19-7-6-18-14/h2-7H,8-11H2,1H3,(H,19,21,22). The van der Waals surface area contributed by atoms with Crippen molar-refractivity contribution in [3.05, 3.63) is 42.4 Å². The van der Waals surface area contributed by atoms with Crippen LogP contribution in [0.4, 0.5) is 17.3 Å². The normalized spacial score (nSPS) is 14.8. The van der Waals surface area contributed by atoms with E-state index in [1.54, 1.807) is 12.4 Å². The maximum absolute atomic E-state index is 5.39. The lowest BCUT2D eigenvalue weighted by Gasteiger charge is -2.28. The number of fused-ring (bicyclic) bond motifs is 1. The van der Waals surface area contributed by atoms with Gasteiger partial charge >= 0.3 is 0 Å². The van der Waals surface area contributed by atoms with Gasteiger partial charge in [0, 0.05) is 25.5 Å². The van der Waals surface area contributed by atoms with Crippen LogP contribution < -0.4 is 10.2 Å². The molecule has 3 aromatic rings. The quantitative estimate of drug-likeness (QED) is 0.793. The zero-order valence-corrected chi connectivity index (χ0v) is 13.4. The van der Waals surface area contributed by atoms with E-state index in [4.69, 9.17) is 9.72 Å². The highest BCUT2D eigenvalue weighted by Gasteiger charge is 2.13. The fraction of sp³-hybridized carbons (Fsp3) is 0.294. The molecular weight excluding hydrogens is 304 g/mol. The number of nitrogens with one attached hydrogen (secondary N) is 1. The number of aryl methyl sites for hydroxylation is 1. The molecule has 0 saturated carbocycles. The lowest BCUT2D eigenvalue weighted by Crippen LogP contribution is -2.36. The molecule has 7 nitrogen and oxygen atoms in total. The van der Waals surface area contributed by atoms with E-state index < -0.39 is 0 Å². The molecule has 7 heteroatoms. The van der Waals surface area contributed by atoms with E-state index in [2.05, 4.69) is 25.2 Å². The molecule has 0 radical (unpaired) electrons.